The summed E-state index contributed by atoms with van der Waals surface area (Å²) in [6, 6.07) is 1.90. The van der Waals surface area contributed by atoms with Crippen molar-refractivity contribution >= 4 is 28.5 Å². The zero-order valence-corrected chi connectivity index (χ0v) is 10.9. The maximum absolute atomic E-state index is 10.8. The van der Waals surface area contributed by atoms with Crippen LogP contribution in [0.2, 0.25) is 0 Å². The fourth-order valence-electron chi connectivity index (χ4n) is 1.95. The second kappa shape index (κ2) is 5.35. The van der Waals surface area contributed by atoms with Gasteiger partial charge in [0.05, 0.1) is 17.1 Å². The van der Waals surface area contributed by atoms with Crippen LogP contribution in [0, 0.1) is 0 Å². The number of imidazole rings is 1. The Morgan fingerprint density at radius 2 is 2.39 bits per heavy atom. The molecule has 0 radical (unpaired) electrons. The van der Waals surface area contributed by atoms with Gasteiger partial charge < -0.3 is 10.3 Å². The number of amides is 1. The van der Waals surface area contributed by atoms with Crippen LogP contribution in [0.3, 0.4) is 0 Å². The molecule has 0 aliphatic heterocycles. The van der Waals surface area contributed by atoms with Crippen molar-refractivity contribution in [2.45, 2.75) is 31.7 Å². The molecular weight excluding hydrogens is 252 g/mol. The van der Waals surface area contributed by atoms with Gasteiger partial charge in [0.2, 0.25) is 5.91 Å². The summed E-state index contributed by atoms with van der Waals surface area (Å²) in [5.74, 6) is 0.505. The fraction of sp³-hybridized carbons (Fsp3) is 0.417. The lowest BCUT2D eigenvalue weighted by molar-refractivity contribution is -0.118. The molecule has 2 heterocycles. The van der Waals surface area contributed by atoms with Gasteiger partial charge in [-0.15, -0.1) is 11.6 Å². The lowest BCUT2D eigenvalue weighted by atomic mass is 10.3. The minimum Gasteiger partial charge on any atom is -0.370 e. The van der Waals surface area contributed by atoms with E-state index in [-0.39, 0.29) is 11.3 Å². The first kappa shape index (κ1) is 12.8. The predicted molar refractivity (Wildman–Crippen MR) is 70.2 cm³/mol. The van der Waals surface area contributed by atoms with Crippen molar-refractivity contribution in [2.24, 2.45) is 5.73 Å². The van der Waals surface area contributed by atoms with Crippen molar-refractivity contribution in [3.05, 3.63) is 24.3 Å². The number of nitrogens with zero attached hydrogens (tertiary/aromatic N) is 3. The van der Waals surface area contributed by atoms with Gasteiger partial charge in [-0.1, -0.05) is 0 Å². The Hall–Kier alpha value is -1.62. The number of carbonyl (C=O) groups is 1. The van der Waals surface area contributed by atoms with Crippen LogP contribution in [0.4, 0.5) is 0 Å². The highest BCUT2D eigenvalue weighted by Crippen LogP contribution is 2.24. The SMILES string of the molecule is CC(Cl)c1nc2cnccc2n1CCCC(N)=O. The van der Waals surface area contributed by atoms with E-state index < -0.39 is 0 Å². The molecule has 2 aromatic heterocycles. The van der Waals surface area contributed by atoms with Crippen LogP contribution in [-0.2, 0) is 11.3 Å². The van der Waals surface area contributed by atoms with Gasteiger partial charge in [0.15, 0.2) is 0 Å². The van der Waals surface area contributed by atoms with E-state index in [1.165, 1.54) is 0 Å². The summed E-state index contributed by atoms with van der Waals surface area (Å²) in [6.45, 7) is 2.55. The van der Waals surface area contributed by atoms with Gasteiger partial charge in [-0.25, -0.2) is 4.98 Å². The van der Waals surface area contributed by atoms with Crippen LogP contribution in [0.1, 0.15) is 31.0 Å². The van der Waals surface area contributed by atoms with E-state index in [4.69, 9.17) is 17.3 Å². The Kier molecular flexibility index (Phi) is 3.81. The number of aromatic nitrogens is 3. The van der Waals surface area contributed by atoms with Crippen LogP contribution in [0.25, 0.3) is 11.0 Å². The minimum atomic E-state index is -0.290. The number of halogens is 1. The summed E-state index contributed by atoms with van der Waals surface area (Å²) in [4.78, 5) is 19.3. The molecule has 2 aromatic rings. The molecule has 1 unspecified atom stereocenters. The highest BCUT2D eigenvalue weighted by atomic mass is 35.5. The Labute approximate surface area is 110 Å². The van der Waals surface area contributed by atoms with Crippen molar-refractivity contribution < 1.29 is 4.79 Å². The zero-order valence-electron chi connectivity index (χ0n) is 10.1. The van der Waals surface area contributed by atoms with E-state index in [1.807, 2.05) is 17.6 Å². The number of fused-ring (bicyclic) bond motifs is 1. The molecule has 2 rings (SSSR count). The van der Waals surface area contributed by atoms with E-state index in [1.54, 1.807) is 12.4 Å². The number of rotatable bonds is 5. The van der Waals surface area contributed by atoms with E-state index >= 15 is 0 Å². The van der Waals surface area contributed by atoms with Gasteiger partial charge in [0, 0.05) is 19.2 Å². The number of primary amides is 1. The van der Waals surface area contributed by atoms with Gasteiger partial charge in [-0.05, 0) is 19.4 Å². The molecule has 0 saturated heterocycles. The number of hydrogen-bond donors (Lipinski definition) is 1. The smallest absolute Gasteiger partial charge is 0.217 e. The maximum atomic E-state index is 10.8. The quantitative estimate of drug-likeness (QED) is 0.841. The van der Waals surface area contributed by atoms with Crippen molar-refractivity contribution in [1.29, 1.82) is 0 Å². The molecule has 0 fully saturated rings. The van der Waals surface area contributed by atoms with Crippen molar-refractivity contribution in [3.63, 3.8) is 0 Å². The molecule has 96 valence electrons. The number of carbonyl (C=O) groups excluding carboxylic acids is 1. The van der Waals surface area contributed by atoms with Crippen LogP contribution in [-0.4, -0.2) is 20.4 Å². The third-order valence-corrected chi connectivity index (χ3v) is 2.94. The van der Waals surface area contributed by atoms with E-state index in [9.17, 15) is 4.79 Å². The zero-order chi connectivity index (χ0) is 13.1. The Balaban J connectivity index is 2.33. The summed E-state index contributed by atoms with van der Waals surface area (Å²) in [6.07, 6.45) is 4.47. The van der Waals surface area contributed by atoms with E-state index in [0.717, 1.165) is 16.9 Å². The molecule has 0 aliphatic rings. The predicted octanol–water partition coefficient (Wildman–Crippen LogP) is 2.00. The summed E-state index contributed by atoms with van der Waals surface area (Å²) in [5, 5.41) is -0.189. The second-order valence-corrected chi connectivity index (χ2v) is 4.83. The summed E-state index contributed by atoms with van der Waals surface area (Å²) in [7, 11) is 0. The number of hydrogen-bond acceptors (Lipinski definition) is 3. The molecule has 1 atom stereocenters. The monoisotopic (exact) mass is 266 g/mol. The molecule has 18 heavy (non-hydrogen) atoms. The normalized spacial score (nSPS) is 12.8. The average Bonchev–Trinajstić information content (AvgIpc) is 2.68. The van der Waals surface area contributed by atoms with Gasteiger partial charge in [0.25, 0.3) is 0 Å². The fourth-order valence-corrected chi connectivity index (χ4v) is 2.12. The van der Waals surface area contributed by atoms with E-state index in [0.29, 0.717) is 19.4 Å². The third-order valence-electron chi connectivity index (χ3n) is 2.74. The van der Waals surface area contributed by atoms with Crippen LogP contribution < -0.4 is 5.73 Å². The van der Waals surface area contributed by atoms with Crippen molar-refractivity contribution in [1.82, 2.24) is 14.5 Å². The van der Waals surface area contributed by atoms with Gasteiger partial charge in [-0.3, -0.25) is 9.78 Å². The highest BCUT2D eigenvalue weighted by Gasteiger charge is 2.14. The maximum Gasteiger partial charge on any atom is 0.217 e. The molecule has 5 nitrogen and oxygen atoms in total. The van der Waals surface area contributed by atoms with Crippen LogP contribution in [0.5, 0.6) is 0 Å². The lowest BCUT2D eigenvalue weighted by Gasteiger charge is -2.09. The summed E-state index contributed by atoms with van der Waals surface area (Å²) < 4.78 is 2.03. The number of nitrogens with two attached hydrogens (primary N) is 1. The number of alkyl halides is 1. The molecule has 6 heteroatoms. The molecule has 1 amide bonds. The molecular formula is C12H15ClN4O. The van der Waals surface area contributed by atoms with Gasteiger partial charge in [0.1, 0.15) is 11.3 Å². The molecule has 2 N–H and O–H groups in total. The minimum absolute atomic E-state index is 0.189. The average molecular weight is 267 g/mol. The largest absolute Gasteiger partial charge is 0.370 e. The number of aryl methyl sites for hydroxylation is 1. The third kappa shape index (κ3) is 2.61. The molecule has 0 saturated carbocycles. The molecule has 0 aliphatic carbocycles. The van der Waals surface area contributed by atoms with Gasteiger partial charge in [-0.2, -0.15) is 0 Å². The van der Waals surface area contributed by atoms with Crippen LogP contribution >= 0.6 is 11.6 Å². The number of pyridine rings is 1. The topological polar surface area (TPSA) is 73.8 Å². The van der Waals surface area contributed by atoms with E-state index in [2.05, 4.69) is 9.97 Å². The summed E-state index contributed by atoms with van der Waals surface area (Å²) in [5.41, 5.74) is 6.94. The van der Waals surface area contributed by atoms with Crippen LogP contribution in [0.15, 0.2) is 18.5 Å². The Bertz CT molecular complexity index is 564. The standard InChI is InChI=1S/C12H15ClN4O/c1-8(13)12-16-9-7-15-5-4-10(9)17(12)6-2-3-11(14)18/h4-5,7-8H,2-3,6H2,1H3,(H2,14,18). The highest BCUT2D eigenvalue weighted by molar-refractivity contribution is 6.20. The Morgan fingerprint density at radius 3 is 3.06 bits per heavy atom. The summed E-state index contributed by atoms with van der Waals surface area (Å²) >= 11 is 6.13. The molecule has 0 spiro atoms. The molecule has 0 bridgehead atoms. The van der Waals surface area contributed by atoms with Crippen molar-refractivity contribution in [3.8, 4) is 0 Å². The van der Waals surface area contributed by atoms with Gasteiger partial charge >= 0.3 is 0 Å². The second-order valence-electron chi connectivity index (χ2n) is 4.17. The first-order chi connectivity index (χ1) is 8.59. The Morgan fingerprint density at radius 1 is 1.61 bits per heavy atom. The lowest BCUT2D eigenvalue weighted by Crippen LogP contribution is -2.12. The molecule has 0 aromatic carbocycles. The first-order valence-electron chi connectivity index (χ1n) is 5.82. The first-order valence-corrected chi connectivity index (χ1v) is 6.25. The van der Waals surface area contributed by atoms with Crippen molar-refractivity contribution in [2.75, 3.05) is 0 Å².